The summed E-state index contributed by atoms with van der Waals surface area (Å²) in [4.78, 5) is 25.5. The van der Waals surface area contributed by atoms with E-state index in [1.807, 2.05) is 24.3 Å². The molecule has 1 amide bonds. The number of anilines is 2. The minimum atomic E-state index is -2.71. The van der Waals surface area contributed by atoms with Gasteiger partial charge in [0.1, 0.15) is 12.0 Å². The second-order valence-corrected chi connectivity index (χ2v) is 7.71. The molecule has 32 heavy (non-hydrogen) atoms. The van der Waals surface area contributed by atoms with Crippen LogP contribution in [0, 0.1) is 5.82 Å². The van der Waals surface area contributed by atoms with Crippen molar-refractivity contribution in [1.82, 2.24) is 19.5 Å². The predicted molar refractivity (Wildman–Crippen MR) is 114 cm³/mol. The first-order valence-electron chi connectivity index (χ1n) is 10.1. The quantitative estimate of drug-likeness (QED) is 0.494. The summed E-state index contributed by atoms with van der Waals surface area (Å²) < 4.78 is 42.9. The van der Waals surface area contributed by atoms with E-state index >= 15 is 0 Å². The Morgan fingerprint density at radius 2 is 1.94 bits per heavy atom. The van der Waals surface area contributed by atoms with E-state index in [0.717, 1.165) is 10.9 Å². The molecule has 1 aliphatic rings. The number of carbonyl (C=O) groups excluding carboxylic acids is 1. The van der Waals surface area contributed by atoms with Crippen molar-refractivity contribution in [1.29, 1.82) is 0 Å². The third-order valence-corrected chi connectivity index (χ3v) is 5.55. The van der Waals surface area contributed by atoms with Crippen molar-refractivity contribution in [3.63, 3.8) is 0 Å². The molecule has 5 rings (SSSR count). The zero-order valence-electron chi connectivity index (χ0n) is 16.9. The van der Waals surface area contributed by atoms with Crippen molar-refractivity contribution in [2.75, 3.05) is 23.3 Å². The van der Waals surface area contributed by atoms with Gasteiger partial charge in [-0.1, -0.05) is 18.2 Å². The Morgan fingerprint density at radius 3 is 2.72 bits per heavy atom. The lowest BCUT2D eigenvalue weighted by atomic mass is 10.1. The Hall–Kier alpha value is -3.82. The number of imidazole rings is 1. The van der Waals surface area contributed by atoms with Gasteiger partial charge in [-0.2, -0.15) is 0 Å². The summed E-state index contributed by atoms with van der Waals surface area (Å²) in [5.74, 6) is -3.70. The fourth-order valence-corrected chi connectivity index (χ4v) is 3.78. The standard InChI is InChI=1S/C22H19F3N6O/c23-16-9-14(10-27-20(16)30-7-5-22(24,25)6-8-30)31-12-19(28-13-31)21(32)29-18-11-26-17-4-2-1-3-15(17)18/h1-4,9-13,26H,5-8H2,(H,29,32). The Kier molecular flexibility index (Phi) is 4.84. The van der Waals surface area contributed by atoms with Gasteiger partial charge in [-0.3, -0.25) is 4.79 Å². The molecule has 1 fully saturated rings. The number of alkyl halides is 2. The third kappa shape index (κ3) is 3.79. The number of hydrogen-bond donors (Lipinski definition) is 2. The Labute approximate surface area is 180 Å². The average Bonchev–Trinajstić information content (AvgIpc) is 3.42. The molecule has 4 aromatic rings. The Morgan fingerprint density at radius 1 is 1.16 bits per heavy atom. The number of halogens is 3. The van der Waals surface area contributed by atoms with E-state index < -0.39 is 17.6 Å². The van der Waals surface area contributed by atoms with Gasteiger partial charge in [0.25, 0.3) is 11.8 Å². The molecular weight excluding hydrogens is 421 g/mol. The highest BCUT2D eigenvalue weighted by atomic mass is 19.3. The Bertz CT molecular complexity index is 1290. The van der Waals surface area contributed by atoms with Crippen LogP contribution in [0.2, 0.25) is 0 Å². The molecule has 0 aliphatic carbocycles. The molecule has 4 heterocycles. The number of para-hydroxylation sites is 1. The van der Waals surface area contributed by atoms with Crippen LogP contribution < -0.4 is 10.2 Å². The number of fused-ring (bicyclic) bond motifs is 1. The normalized spacial score (nSPS) is 15.8. The van der Waals surface area contributed by atoms with Crippen molar-refractivity contribution < 1.29 is 18.0 Å². The summed E-state index contributed by atoms with van der Waals surface area (Å²) in [7, 11) is 0. The summed E-state index contributed by atoms with van der Waals surface area (Å²) in [6, 6.07) is 8.81. The van der Waals surface area contributed by atoms with Crippen molar-refractivity contribution in [2.24, 2.45) is 0 Å². The maximum Gasteiger partial charge on any atom is 0.275 e. The van der Waals surface area contributed by atoms with E-state index in [0.29, 0.717) is 11.4 Å². The van der Waals surface area contributed by atoms with Crippen LogP contribution in [0.5, 0.6) is 0 Å². The lowest BCUT2D eigenvalue weighted by Crippen LogP contribution is -2.40. The topological polar surface area (TPSA) is 78.8 Å². The van der Waals surface area contributed by atoms with Crippen molar-refractivity contribution in [3.8, 4) is 5.69 Å². The number of piperidine rings is 1. The molecule has 164 valence electrons. The minimum absolute atomic E-state index is 0.0412. The smallest absolute Gasteiger partial charge is 0.275 e. The maximum absolute atomic E-state index is 14.7. The number of H-pyrrole nitrogens is 1. The van der Waals surface area contributed by atoms with Gasteiger partial charge in [0.15, 0.2) is 11.6 Å². The highest BCUT2D eigenvalue weighted by Crippen LogP contribution is 2.31. The van der Waals surface area contributed by atoms with Crippen LogP contribution in [0.4, 0.5) is 24.7 Å². The van der Waals surface area contributed by atoms with Crippen LogP contribution in [-0.4, -0.2) is 44.4 Å². The number of amides is 1. The van der Waals surface area contributed by atoms with Crippen LogP contribution in [0.15, 0.2) is 55.2 Å². The summed E-state index contributed by atoms with van der Waals surface area (Å²) in [5, 5.41) is 3.69. The van der Waals surface area contributed by atoms with E-state index in [2.05, 4.69) is 20.3 Å². The van der Waals surface area contributed by atoms with E-state index in [1.165, 1.54) is 34.3 Å². The number of hydrogen-bond acceptors (Lipinski definition) is 4. The van der Waals surface area contributed by atoms with Gasteiger partial charge < -0.3 is 19.8 Å². The van der Waals surface area contributed by atoms with E-state index in [4.69, 9.17) is 0 Å². The molecule has 0 unspecified atom stereocenters. The first kappa shape index (κ1) is 20.1. The van der Waals surface area contributed by atoms with E-state index in [1.54, 1.807) is 6.20 Å². The van der Waals surface area contributed by atoms with Crippen LogP contribution in [-0.2, 0) is 0 Å². The molecule has 1 saturated heterocycles. The monoisotopic (exact) mass is 440 g/mol. The number of benzene rings is 1. The number of nitrogens with zero attached hydrogens (tertiary/aromatic N) is 4. The number of carbonyl (C=O) groups is 1. The summed E-state index contributed by atoms with van der Waals surface area (Å²) in [6.45, 7) is 0.0823. The van der Waals surface area contributed by atoms with E-state index in [-0.39, 0.29) is 37.4 Å². The highest BCUT2D eigenvalue weighted by molar-refractivity contribution is 6.08. The van der Waals surface area contributed by atoms with Crippen LogP contribution in [0.25, 0.3) is 16.6 Å². The number of pyridine rings is 1. The fraction of sp³-hybridized carbons (Fsp3) is 0.227. The van der Waals surface area contributed by atoms with Gasteiger partial charge >= 0.3 is 0 Å². The molecule has 0 radical (unpaired) electrons. The van der Waals surface area contributed by atoms with Gasteiger partial charge in [-0.15, -0.1) is 0 Å². The molecule has 7 nitrogen and oxygen atoms in total. The molecule has 1 aliphatic heterocycles. The second kappa shape index (κ2) is 7.70. The fourth-order valence-electron chi connectivity index (χ4n) is 3.78. The molecule has 10 heteroatoms. The number of nitrogens with one attached hydrogen (secondary N) is 2. The third-order valence-electron chi connectivity index (χ3n) is 5.55. The molecule has 0 saturated carbocycles. The molecule has 0 spiro atoms. The van der Waals surface area contributed by atoms with Gasteiger partial charge in [-0.25, -0.2) is 23.1 Å². The maximum atomic E-state index is 14.7. The molecule has 0 bridgehead atoms. The lowest BCUT2D eigenvalue weighted by Gasteiger charge is -2.32. The number of aromatic nitrogens is 4. The van der Waals surface area contributed by atoms with Crippen LogP contribution >= 0.6 is 0 Å². The van der Waals surface area contributed by atoms with Gasteiger partial charge in [0, 0.05) is 55.3 Å². The highest BCUT2D eigenvalue weighted by Gasteiger charge is 2.35. The molecule has 1 aromatic carbocycles. The molecule has 0 atom stereocenters. The van der Waals surface area contributed by atoms with E-state index in [9.17, 15) is 18.0 Å². The van der Waals surface area contributed by atoms with Gasteiger partial charge in [0.2, 0.25) is 0 Å². The predicted octanol–water partition coefficient (Wildman–Crippen LogP) is 4.38. The molecule has 3 aromatic heterocycles. The molecular formula is C22H19F3N6O. The van der Waals surface area contributed by atoms with Crippen molar-refractivity contribution in [3.05, 3.63) is 66.8 Å². The zero-order valence-corrected chi connectivity index (χ0v) is 16.9. The largest absolute Gasteiger partial charge is 0.359 e. The number of aromatic amines is 1. The Balaban J connectivity index is 1.32. The van der Waals surface area contributed by atoms with Crippen LogP contribution in [0.3, 0.4) is 0 Å². The summed E-state index contributed by atoms with van der Waals surface area (Å²) >= 11 is 0. The van der Waals surface area contributed by atoms with Gasteiger partial charge in [0.05, 0.1) is 17.6 Å². The van der Waals surface area contributed by atoms with Crippen molar-refractivity contribution >= 4 is 28.3 Å². The van der Waals surface area contributed by atoms with Crippen LogP contribution in [0.1, 0.15) is 23.3 Å². The average molecular weight is 440 g/mol. The van der Waals surface area contributed by atoms with Crippen molar-refractivity contribution in [2.45, 2.75) is 18.8 Å². The lowest BCUT2D eigenvalue weighted by molar-refractivity contribution is -0.0222. The number of rotatable bonds is 4. The SMILES string of the molecule is O=C(Nc1c[nH]c2ccccc12)c1cn(-c2cnc(N3CCC(F)(F)CC3)c(F)c2)cn1. The summed E-state index contributed by atoms with van der Waals surface area (Å²) in [6.07, 6.45) is 5.34. The minimum Gasteiger partial charge on any atom is -0.359 e. The summed E-state index contributed by atoms with van der Waals surface area (Å²) in [5.41, 5.74) is 2.04. The zero-order chi connectivity index (χ0) is 22.3. The first-order chi connectivity index (χ1) is 15.4. The van der Waals surface area contributed by atoms with Gasteiger partial charge in [-0.05, 0) is 6.07 Å². The first-order valence-corrected chi connectivity index (χ1v) is 10.1. The molecule has 2 N–H and O–H groups in total. The second-order valence-electron chi connectivity index (χ2n) is 7.71.